The Bertz CT molecular complexity index is 1170. The van der Waals surface area contributed by atoms with Gasteiger partial charge in [-0.3, -0.25) is 14.5 Å². The van der Waals surface area contributed by atoms with E-state index in [1.54, 1.807) is 4.90 Å². The van der Waals surface area contributed by atoms with Gasteiger partial charge in [-0.05, 0) is 48.7 Å². The second-order valence-electron chi connectivity index (χ2n) is 8.17. The standard InChI is InChI=1S/C28H28N2O3/c1-4-18-33-24-16-14-22(15-17-24)25-26(29(3)23-8-6-5-7-9-23)28(32)30(27(25)31)19-21-12-10-20(2)11-13-21/h5-17H,4,18-19H2,1-3H3. The topological polar surface area (TPSA) is 49.9 Å². The van der Waals surface area contributed by atoms with E-state index in [4.69, 9.17) is 4.74 Å². The fourth-order valence-corrected chi connectivity index (χ4v) is 3.87. The number of amides is 2. The van der Waals surface area contributed by atoms with Crippen LogP contribution < -0.4 is 9.64 Å². The molecule has 0 atom stereocenters. The first-order chi connectivity index (χ1) is 16.0. The van der Waals surface area contributed by atoms with Crippen LogP contribution in [0.5, 0.6) is 5.75 Å². The summed E-state index contributed by atoms with van der Waals surface area (Å²) in [6.45, 7) is 4.92. The molecule has 0 N–H and O–H groups in total. The van der Waals surface area contributed by atoms with E-state index in [1.165, 1.54) is 4.90 Å². The normalized spacial score (nSPS) is 13.6. The number of rotatable bonds is 8. The third kappa shape index (κ3) is 4.67. The summed E-state index contributed by atoms with van der Waals surface area (Å²) in [5.41, 5.74) is 4.36. The molecular weight excluding hydrogens is 412 g/mol. The Morgan fingerprint density at radius 2 is 1.52 bits per heavy atom. The molecule has 0 bridgehead atoms. The van der Waals surface area contributed by atoms with Gasteiger partial charge in [0.1, 0.15) is 11.4 Å². The summed E-state index contributed by atoms with van der Waals surface area (Å²) < 4.78 is 5.69. The lowest BCUT2D eigenvalue weighted by atomic mass is 10.0. The maximum atomic E-state index is 13.6. The van der Waals surface area contributed by atoms with E-state index in [0.717, 1.165) is 29.0 Å². The van der Waals surface area contributed by atoms with Crippen LogP contribution in [-0.4, -0.2) is 30.4 Å². The first kappa shape index (κ1) is 22.3. The average molecular weight is 441 g/mol. The summed E-state index contributed by atoms with van der Waals surface area (Å²) in [7, 11) is 1.82. The van der Waals surface area contributed by atoms with E-state index >= 15 is 0 Å². The van der Waals surface area contributed by atoms with Gasteiger partial charge in [-0.25, -0.2) is 0 Å². The predicted molar refractivity (Wildman–Crippen MR) is 131 cm³/mol. The van der Waals surface area contributed by atoms with Crippen LogP contribution in [0.4, 0.5) is 5.69 Å². The van der Waals surface area contributed by atoms with E-state index in [-0.39, 0.29) is 18.4 Å². The number of likely N-dealkylation sites (N-methyl/N-ethyl adjacent to an activating group) is 1. The Hall–Kier alpha value is -3.86. The number of benzene rings is 3. The zero-order valence-electron chi connectivity index (χ0n) is 19.2. The van der Waals surface area contributed by atoms with Crippen LogP contribution >= 0.6 is 0 Å². The maximum Gasteiger partial charge on any atom is 0.278 e. The molecule has 168 valence electrons. The number of imide groups is 1. The highest BCUT2D eigenvalue weighted by Gasteiger charge is 2.41. The van der Waals surface area contributed by atoms with E-state index in [0.29, 0.717) is 23.4 Å². The van der Waals surface area contributed by atoms with Crippen molar-refractivity contribution in [2.24, 2.45) is 0 Å². The summed E-state index contributed by atoms with van der Waals surface area (Å²) in [6, 6.07) is 24.9. The molecule has 3 aromatic rings. The number of aryl methyl sites for hydroxylation is 1. The third-order valence-electron chi connectivity index (χ3n) is 5.70. The van der Waals surface area contributed by atoms with Crippen molar-refractivity contribution in [2.45, 2.75) is 26.8 Å². The zero-order valence-corrected chi connectivity index (χ0v) is 19.2. The molecule has 33 heavy (non-hydrogen) atoms. The van der Waals surface area contributed by atoms with Crippen LogP contribution in [0.1, 0.15) is 30.0 Å². The molecule has 1 heterocycles. The molecule has 3 aromatic carbocycles. The van der Waals surface area contributed by atoms with Gasteiger partial charge < -0.3 is 9.64 Å². The van der Waals surface area contributed by atoms with Crippen molar-refractivity contribution >= 4 is 23.1 Å². The van der Waals surface area contributed by atoms with Crippen molar-refractivity contribution in [1.82, 2.24) is 4.90 Å². The Balaban J connectivity index is 1.73. The minimum absolute atomic E-state index is 0.227. The molecule has 5 nitrogen and oxygen atoms in total. The molecule has 0 aliphatic carbocycles. The molecule has 4 rings (SSSR count). The Kier molecular flexibility index (Phi) is 6.59. The Morgan fingerprint density at radius 1 is 0.848 bits per heavy atom. The van der Waals surface area contributed by atoms with E-state index < -0.39 is 0 Å². The molecule has 0 fully saturated rings. The van der Waals surface area contributed by atoms with Gasteiger partial charge in [-0.2, -0.15) is 0 Å². The third-order valence-corrected chi connectivity index (χ3v) is 5.70. The van der Waals surface area contributed by atoms with Gasteiger partial charge in [0.15, 0.2) is 0 Å². The largest absolute Gasteiger partial charge is 0.494 e. The van der Waals surface area contributed by atoms with Crippen LogP contribution in [0.15, 0.2) is 84.6 Å². The molecule has 0 radical (unpaired) electrons. The van der Waals surface area contributed by atoms with Gasteiger partial charge in [0.25, 0.3) is 11.8 Å². The van der Waals surface area contributed by atoms with Crippen LogP contribution in [-0.2, 0) is 16.1 Å². The summed E-state index contributed by atoms with van der Waals surface area (Å²) >= 11 is 0. The van der Waals surface area contributed by atoms with Gasteiger partial charge in [-0.1, -0.05) is 67.1 Å². The molecule has 0 saturated carbocycles. The monoisotopic (exact) mass is 440 g/mol. The van der Waals surface area contributed by atoms with Gasteiger partial charge in [-0.15, -0.1) is 0 Å². The molecule has 1 aliphatic heterocycles. The van der Waals surface area contributed by atoms with Crippen LogP contribution in [0.25, 0.3) is 5.57 Å². The van der Waals surface area contributed by atoms with Crippen molar-refractivity contribution in [3.8, 4) is 5.75 Å². The minimum atomic E-state index is -0.298. The second kappa shape index (κ2) is 9.74. The highest BCUT2D eigenvalue weighted by atomic mass is 16.5. The highest BCUT2D eigenvalue weighted by Crippen LogP contribution is 2.34. The number of ether oxygens (including phenoxy) is 1. The first-order valence-electron chi connectivity index (χ1n) is 11.2. The van der Waals surface area contributed by atoms with E-state index in [2.05, 4.69) is 6.92 Å². The van der Waals surface area contributed by atoms with Crippen LogP contribution in [0, 0.1) is 6.92 Å². The maximum absolute atomic E-state index is 13.6. The predicted octanol–water partition coefficient (Wildman–Crippen LogP) is 5.20. The van der Waals surface area contributed by atoms with Gasteiger partial charge in [0, 0.05) is 12.7 Å². The number of hydrogen-bond donors (Lipinski definition) is 0. The van der Waals surface area contributed by atoms with E-state index in [9.17, 15) is 9.59 Å². The number of hydrogen-bond acceptors (Lipinski definition) is 4. The number of anilines is 1. The number of para-hydroxylation sites is 1. The van der Waals surface area contributed by atoms with Crippen molar-refractivity contribution in [3.63, 3.8) is 0 Å². The number of carbonyl (C=O) groups is 2. The molecule has 0 unspecified atom stereocenters. The lowest BCUT2D eigenvalue weighted by Crippen LogP contribution is -2.33. The summed E-state index contributed by atoms with van der Waals surface area (Å²) in [4.78, 5) is 30.3. The highest BCUT2D eigenvalue weighted by molar-refractivity contribution is 6.36. The SMILES string of the molecule is CCCOc1ccc(C2=C(N(C)c3ccccc3)C(=O)N(Cc3ccc(C)cc3)C2=O)cc1. The molecular formula is C28H28N2O3. The minimum Gasteiger partial charge on any atom is -0.494 e. The Labute approximate surface area is 194 Å². The van der Waals surface area contributed by atoms with Crippen LogP contribution in [0.2, 0.25) is 0 Å². The lowest BCUT2D eigenvalue weighted by Gasteiger charge is -2.21. The quantitative estimate of drug-likeness (QED) is 0.452. The second-order valence-corrected chi connectivity index (χ2v) is 8.17. The van der Waals surface area contributed by atoms with Crippen LogP contribution in [0.3, 0.4) is 0 Å². The molecule has 1 aliphatic rings. The fraction of sp³-hybridized carbons (Fsp3) is 0.214. The van der Waals surface area contributed by atoms with Crippen molar-refractivity contribution in [3.05, 3.63) is 101 Å². The van der Waals surface area contributed by atoms with E-state index in [1.807, 2.05) is 92.8 Å². The summed E-state index contributed by atoms with van der Waals surface area (Å²) in [5.74, 6) is 0.154. The molecule has 2 amide bonds. The zero-order chi connectivity index (χ0) is 23.4. The van der Waals surface area contributed by atoms with Gasteiger partial charge in [0.05, 0.1) is 18.7 Å². The summed E-state index contributed by atoms with van der Waals surface area (Å²) in [6.07, 6.45) is 0.917. The Morgan fingerprint density at radius 3 is 2.15 bits per heavy atom. The van der Waals surface area contributed by atoms with Gasteiger partial charge in [0.2, 0.25) is 0 Å². The van der Waals surface area contributed by atoms with Crippen molar-refractivity contribution < 1.29 is 14.3 Å². The molecule has 5 heteroatoms. The molecule has 0 aromatic heterocycles. The number of carbonyl (C=O) groups excluding carboxylic acids is 2. The molecule has 0 spiro atoms. The fourth-order valence-electron chi connectivity index (χ4n) is 3.87. The van der Waals surface area contributed by atoms with Crippen molar-refractivity contribution in [2.75, 3.05) is 18.6 Å². The lowest BCUT2D eigenvalue weighted by molar-refractivity contribution is -0.137. The molecule has 0 saturated heterocycles. The number of nitrogens with zero attached hydrogens (tertiary/aromatic N) is 2. The smallest absolute Gasteiger partial charge is 0.278 e. The average Bonchev–Trinajstić information content (AvgIpc) is 3.09. The summed E-state index contributed by atoms with van der Waals surface area (Å²) in [5, 5.41) is 0. The van der Waals surface area contributed by atoms with Crippen molar-refractivity contribution in [1.29, 1.82) is 0 Å². The first-order valence-corrected chi connectivity index (χ1v) is 11.2. The van der Waals surface area contributed by atoms with Gasteiger partial charge >= 0.3 is 0 Å².